The van der Waals surface area contributed by atoms with Crippen molar-refractivity contribution in [1.82, 2.24) is 4.98 Å². The fourth-order valence-electron chi connectivity index (χ4n) is 2.19. The van der Waals surface area contributed by atoms with Crippen LogP contribution in [-0.2, 0) is 6.54 Å². The zero-order valence-corrected chi connectivity index (χ0v) is 9.61. The number of fused-ring (bicyclic) bond motifs is 3. The second kappa shape index (κ2) is 4.35. The average Bonchev–Trinajstić information content (AvgIpc) is 2.45. The molecule has 2 aromatic carbocycles. The summed E-state index contributed by atoms with van der Waals surface area (Å²) in [5, 5.41) is 6.93. The van der Waals surface area contributed by atoms with Gasteiger partial charge in [0.25, 0.3) is 0 Å². The third kappa shape index (κ3) is 1.65. The second-order valence-corrected chi connectivity index (χ2v) is 4.01. The summed E-state index contributed by atoms with van der Waals surface area (Å²) in [6.07, 6.45) is 0. The number of azide groups is 1. The molecule has 3 rings (SSSR count). The smallest absolute Gasteiger partial charge is 0.0711 e. The first-order chi connectivity index (χ1) is 8.90. The molecular weight excluding hydrogens is 224 g/mol. The molecule has 18 heavy (non-hydrogen) atoms. The largest absolute Gasteiger partial charge is 0.252 e. The molecule has 4 nitrogen and oxygen atoms in total. The Morgan fingerprint density at radius 3 is 2.39 bits per heavy atom. The Morgan fingerprint density at radius 1 is 0.944 bits per heavy atom. The maximum Gasteiger partial charge on any atom is 0.0711 e. The van der Waals surface area contributed by atoms with E-state index in [1.54, 1.807) is 0 Å². The van der Waals surface area contributed by atoms with Crippen molar-refractivity contribution in [2.24, 2.45) is 5.11 Å². The minimum absolute atomic E-state index is 0.280. The van der Waals surface area contributed by atoms with Crippen LogP contribution in [0.15, 0.2) is 53.6 Å². The van der Waals surface area contributed by atoms with Crippen LogP contribution in [0.2, 0.25) is 0 Å². The monoisotopic (exact) mass is 234 g/mol. The Kier molecular flexibility index (Phi) is 2.56. The number of benzene rings is 2. The summed E-state index contributed by atoms with van der Waals surface area (Å²) < 4.78 is 0. The van der Waals surface area contributed by atoms with Gasteiger partial charge in [0.05, 0.1) is 17.8 Å². The summed E-state index contributed by atoms with van der Waals surface area (Å²) in [4.78, 5) is 7.38. The van der Waals surface area contributed by atoms with Crippen LogP contribution in [0.25, 0.3) is 32.1 Å². The molecule has 0 N–H and O–H groups in total. The molecule has 0 amide bonds. The maximum atomic E-state index is 8.44. The summed E-state index contributed by atoms with van der Waals surface area (Å²) >= 11 is 0. The normalized spacial score (nSPS) is 10.4. The van der Waals surface area contributed by atoms with Crippen molar-refractivity contribution in [3.8, 4) is 0 Å². The van der Waals surface area contributed by atoms with Crippen molar-refractivity contribution in [2.45, 2.75) is 6.54 Å². The fraction of sp³-hybridized carbons (Fsp3) is 0.0714. The molecule has 1 aromatic heterocycles. The van der Waals surface area contributed by atoms with Gasteiger partial charge in [-0.2, -0.15) is 0 Å². The van der Waals surface area contributed by atoms with Crippen LogP contribution in [0.3, 0.4) is 0 Å². The van der Waals surface area contributed by atoms with Crippen LogP contribution >= 0.6 is 0 Å². The number of hydrogen-bond acceptors (Lipinski definition) is 2. The third-order valence-electron chi connectivity index (χ3n) is 2.97. The quantitative estimate of drug-likeness (QED) is 0.283. The minimum atomic E-state index is 0.280. The van der Waals surface area contributed by atoms with Crippen LogP contribution in [0, 0.1) is 0 Å². The molecule has 0 fully saturated rings. The molecule has 0 aliphatic carbocycles. The molecule has 3 aromatic rings. The minimum Gasteiger partial charge on any atom is -0.252 e. The van der Waals surface area contributed by atoms with E-state index in [1.165, 1.54) is 0 Å². The first-order valence-corrected chi connectivity index (χ1v) is 5.67. The standard InChI is InChI=1S/C14H10N4/c15-18-16-9-14-12-7-2-1-5-10(12)11-6-3-4-8-13(11)17-14/h1-8H,9H2. The van der Waals surface area contributed by atoms with Gasteiger partial charge in [0.1, 0.15) is 0 Å². The number of pyridine rings is 1. The Hall–Kier alpha value is -2.58. The molecule has 86 valence electrons. The molecule has 0 atom stereocenters. The number of rotatable bonds is 2. The van der Waals surface area contributed by atoms with E-state index in [0.29, 0.717) is 0 Å². The molecule has 0 spiro atoms. The summed E-state index contributed by atoms with van der Waals surface area (Å²) in [6.45, 7) is 0.280. The Bertz CT molecular complexity index is 773. The van der Waals surface area contributed by atoms with Crippen LogP contribution < -0.4 is 0 Å². The fourth-order valence-corrected chi connectivity index (χ4v) is 2.19. The van der Waals surface area contributed by atoms with Gasteiger partial charge in [-0.25, -0.2) is 0 Å². The molecule has 0 saturated carbocycles. The molecular formula is C14H10N4. The van der Waals surface area contributed by atoms with E-state index >= 15 is 0 Å². The number of aromatic nitrogens is 1. The lowest BCUT2D eigenvalue weighted by molar-refractivity contribution is 1.01. The number of hydrogen-bond donors (Lipinski definition) is 0. The first-order valence-electron chi connectivity index (χ1n) is 5.67. The van der Waals surface area contributed by atoms with Gasteiger partial charge in [-0.15, -0.1) is 0 Å². The van der Waals surface area contributed by atoms with E-state index in [0.717, 1.165) is 27.4 Å². The van der Waals surface area contributed by atoms with Crippen molar-refractivity contribution in [3.05, 3.63) is 64.7 Å². The Morgan fingerprint density at radius 2 is 1.61 bits per heavy atom. The summed E-state index contributed by atoms with van der Waals surface area (Å²) in [5.41, 5.74) is 10.2. The lowest BCUT2D eigenvalue weighted by Crippen LogP contribution is -1.91. The van der Waals surface area contributed by atoms with E-state index in [2.05, 4.69) is 27.1 Å². The van der Waals surface area contributed by atoms with Crippen molar-refractivity contribution >= 4 is 21.7 Å². The van der Waals surface area contributed by atoms with Crippen LogP contribution in [0.1, 0.15) is 5.69 Å². The van der Waals surface area contributed by atoms with Gasteiger partial charge in [0.15, 0.2) is 0 Å². The Balaban J connectivity index is 2.42. The summed E-state index contributed by atoms with van der Waals surface area (Å²) in [6, 6.07) is 16.1. The SMILES string of the molecule is [N-]=[N+]=NCc1nc2ccccc2c2ccccc12. The lowest BCUT2D eigenvalue weighted by atomic mass is 10.0. The van der Waals surface area contributed by atoms with Gasteiger partial charge < -0.3 is 0 Å². The number of para-hydroxylation sites is 1. The average molecular weight is 234 g/mol. The molecule has 0 aliphatic heterocycles. The highest BCUT2D eigenvalue weighted by Gasteiger charge is 2.06. The van der Waals surface area contributed by atoms with Crippen LogP contribution in [0.4, 0.5) is 0 Å². The van der Waals surface area contributed by atoms with Gasteiger partial charge in [-0.1, -0.05) is 47.6 Å². The zero-order chi connectivity index (χ0) is 12.4. The summed E-state index contributed by atoms with van der Waals surface area (Å²) in [7, 11) is 0. The summed E-state index contributed by atoms with van der Waals surface area (Å²) in [5.74, 6) is 0. The van der Waals surface area contributed by atoms with Crippen molar-refractivity contribution in [2.75, 3.05) is 0 Å². The van der Waals surface area contributed by atoms with Crippen molar-refractivity contribution in [3.63, 3.8) is 0 Å². The van der Waals surface area contributed by atoms with Crippen molar-refractivity contribution < 1.29 is 0 Å². The molecule has 0 radical (unpaired) electrons. The van der Waals surface area contributed by atoms with E-state index in [-0.39, 0.29) is 6.54 Å². The predicted octanol–water partition coefficient (Wildman–Crippen LogP) is 4.20. The number of nitrogens with zero attached hydrogens (tertiary/aromatic N) is 4. The van der Waals surface area contributed by atoms with E-state index in [1.807, 2.05) is 36.4 Å². The highest BCUT2D eigenvalue weighted by molar-refractivity contribution is 6.06. The van der Waals surface area contributed by atoms with E-state index in [4.69, 9.17) is 5.53 Å². The highest BCUT2D eigenvalue weighted by Crippen LogP contribution is 2.26. The van der Waals surface area contributed by atoms with E-state index in [9.17, 15) is 0 Å². The third-order valence-corrected chi connectivity index (χ3v) is 2.97. The van der Waals surface area contributed by atoms with Gasteiger partial charge in [-0.3, -0.25) is 4.98 Å². The van der Waals surface area contributed by atoms with Gasteiger partial charge in [0, 0.05) is 15.7 Å². The van der Waals surface area contributed by atoms with Crippen LogP contribution in [0.5, 0.6) is 0 Å². The second-order valence-electron chi connectivity index (χ2n) is 4.01. The van der Waals surface area contributed by atoms with Gasteiger partial charge in [0.2, 0.25) is 0 Å². The molecule has 0 bridgehead atoms. The topological polar surface area (TPSA) is 61.7 Å². The molecule has 0 saturated heterocycles. The Labute approximate surface area is 104 Å². The molecule has 0 unspecified atom stereocenters. The lowest BCUT2D eigenvalue weighted by Gasteiger charge is -2.07. The molecule has 1 heterocycles. The zero-order valence-electron chi connectivity index (χ0n) is 9.61. The predicted molar refractivity (Wildman–Crippen MR) is 72.1 cm³/mol. The van der Waals surface area contributed by atoms with E-state index < -0.39 is 0 Å². The van der Waals surface area contributed by atoms with Gasteiger partial charge in [-0.05, 0) is 17.0 Å². The molecule has 4 heteroatoms. The molecule has 0 aliphatic rings. The van der Waals surface area contributed by atoms with Gasteiger partial charge >= 0.3 is 0 Å². The first kappa shape index (κ1) is 10.6. The maximum absolute atomic E-state index is 8.44. The highest BCUT2D eigenvalue weighted by atomic mass is 15.1. The van der Waals surface area contributed by atoms with Crippen LogP contribution in [-0.4, -0.2) is 4.98 Å². The van der Waals surface area contributed by atoms with Crippen molar-refractivity contribution in [1.29, 1.82) is 0 Å².